The highest BCUT2D eigenvalue weighted by Crippen LogP contribution is 2.50. The third kappa shape index (κ3) is 2.63. The maximum Gasteiger partial charge on any atom is 0.243 e. The zero-order chi connectivity index (χ0) is 16.5. The van der Waals surface area contributed by atoms with Gasteiger partial charge in [0.2, 0.25) is 5.91 Å². The lowest BCUT2D eigenvalue weighted by atomic mass is 9.54. The Kier molecular flexibility index (Phi) is 4.59. The Morgan fingerprint density at radius 1 is 1.45 bits per heavy atom. The Bertz CT molecular complexity index is 561. The fourth-order valence-corrected chi connectivity index (χ4v) is 3.09. The molecule has 4 nitrogen and oxygen atoms in total. The van der Waals surface area contributed by atoms with E-state index in [1.807, 2.05) is 20.8 Å². The van der Waals surface area contributed by atoms with E-state index in [-0.39, 0.29) is 24.4 Å². The van der Waals surface area contributed by atoms with Crippen LogP contribution in [0.2, 0.25) is 0 Å². The monoisotopic (exact) mass is 308 g/mol. The van der Waals surface area contributed by atoms with Gasteiger partial charge in [0.25, 0.3) is 0 Å². The molecule has 1 aromatic carbocycles. The zero-order valence-electron chi connectivity index (χ0n) is 13.7. The molecule has 0 radical (unpaired) electrons. The van der Waals surface area contributed by atoms with Crippen LogP contribution in [0.15, 0.2) is 24.3 Å². The van der Waals surface area contributed by atoms with E-state index < -0.39 is 11.0 Å². The second kappa shape index (κ2) is 5.97. The lowest BCUT2D eigenvalue weighted by Crippen LogP contribution is -2.75. The van der Waals surface area contributed by atoms with Gasteiger partial charge in [-0.15, -0.1) is 0 Å². The highest BCUT2D eigenvalue weighted by Gasteiger charge is 2.63. The topological polar surface area (TPSA) is 55.6 Å². The van der Waals surface area contributed by atoms with Gasteiger partial charge in [0.05, 0.1) is 6.10 Å². The number of rotatable bonds is 5. The summed E-state index contributed by atoms with van der Waals surface area (Å²) in [5.74, 6) is -0.481. The molecule has 1 aliphatic rings. The number of hydrogen-bond donors (Lipinski definition) is 1. The van der Waals surface area contributed by atoms with Crippen LogP contribution in [0.3, 0.4) is 0 Å². The van der Waals surface area contributed by atoms with Crippen molar-refractivity contribution in [3.05, 3.63) is 35.6 Å². The van der Waals surface area contributed by atoms with Crippen LogP contribution in [0.1, 0.15) is 32.8 Å². The van der Waals surface area contributed by atoms with Crippen molar-refractivity contribution in [2.45, 2.75) is 45.4 Å². The van der Waals surface area contributed by atoms with E-state index in [1.54, 1.807) is 25.2 Å². The summed E-state index contributed by atoms with van der Waals surface area (Å²) >= 11 is 0. The summed E-state index contributed by atoms with van der Waals surface area (Å²) in [7, 11) is 1.66. The smallest absolute Gasteiger partial charge is 0.243 e. The number of likely N-dealkylation sites (N-methyl/N-ethyl adjacent to an activating group) is 1. The normalized spacial score (nSPS) is 26.4. The molecular weight excluding hydrogens is 283 g/mol. The van der Waals surface area contributed by atoms with Crippen molar-refractivity contribution in [2.75, 3.05) is 13.7 Å². The van der Waals surface area contributed by atoms with Gasteiger partial charge in [-0.2, -0.15) is 0 Å². The van der Waals surface area contributed by atoms with E-state index in [0.717, 1.165) is 0 Å². The number of amides is 1. The molecule has 1 saturated carbocycles. The largest absolute Gasteiger partial charge is 0.378 e. The predicted molar refractivity (Wildman–Crippen MR) is 83.6 cm³/mol. The SMILES string of the molecule is CCOC1CC(N)(C(=O)N(C)Cc2ccccc2F)C1(C)C. The van der Waals surface area contributed by atoms with Gasteiger partial charge in [0.15, 0.2) is 0 Å². The summed E-state index contributed by atoms with van der Waals surface area (Å²) in [6.07, 6.45) is 0.474. The van der Waals surface area contributed by atoms with Crippen LogP contribution in [-0.2, 0) is 16.1 Å². The fourth-order valence-electron chi connectivity index (χ4n) is 3.09. The van der Waals surface area contributed by atoms with Crippen LogP contribution in [0.25, 0.3) is 0 Å². The molecule has 0 saturated heterocycles. The Morgan fingerprint density at radius 3 is 2.64 bits per heavy atom. The van der Waals surface area contributed by atoms with Crippen molar-refractivity contribution in [3.63, 3.8) is 0 Å². The third-order valence-corrected chi connectivity index (χ3v) is 4.92. The fraction of sp³-hybridized carbons (Fsp3) is 0.588. The predicted octanol–water partition coefficient (Wildman–Crippen LogP) is 2.32. The van der Waals surface area contributed by atoms with Crippen LogP contribution < -0.4 is 5.73 Å². The lowest BCUT2D eigenvalue weighted by Gasteiger charge is -2.58. The third-order valence-electron chi connectivity index (χ3n) is 4.92. The average Bonchev–Trinajstić information content (AvgIpc) is 2.48. The van der Waals surface area contributed by atoms with Gasteiger partial charge in [-0.1, -0.05) is 32.0 Å². The van der Waals surface area contributed by atoms with E-state index in [4.69, 9.17) is 10.5 Å². The molecule has 0 aromatic heterocycles. The molecule has 1 amide bonds. The van der Waals surface area contributed by atoms with Crippen molar-refractivity contribution >= 4 is 5.91 Å². The molecule has 122 valence electrons. The van der Waals surface area contributed by atoms with Crippen molar-refractivity contribution in [2.24, 2.45) is 11.1 Å². The summed E-state index contributed by atoms with van der Waals surface area (Å²) in [5.41, 5.74) is 5.45. The minimum absolute atomic E-state index is 0.0201. The molecule has 2 N–H and O–H groups in total. The molecule has 5 heteroatoms. The van der Waals surface area contributed by atoms with Gasteiger partial charge >= 0.3 is 0 Å². The number of nitrogens with zero attached hydrogens (tertiary/aromatic N) is 1. The van der Waals surface area contributed by atoms with Crippen molar-refractivity contribution in [3.8, 4) is 0 Å². The molecule has 1 fully saturated rings. The number of nitrogens with two attached hydrogens (primary N) is 1. The highest BCUT2D eigenvalue weighted by molar-refractivity contribution is 5.88. The first-order valence-electron chi connectivity index (χ1n) is 7.63. The van der Waals surface area contributed by atoms with Gasteiger partial charge in [-0.3, -0.25) is 4.79 Å². The maximum absolute atomic E-state index is 13.7. The molecule has 0 heterocycles. The molecule has 1 aromatic rings. The summed E-state index contributed by atoms with van der Waals surface area (Å²) in [6.45, 7) is 6.64. The number of carbonyl (C=O) groups excluding carboxylic acids is 1. The summed E-state index contributed by atoms with van der Waals surface area (Å²) < 4.78 is 19.4. The summed E-state index contributed by atoms with van der Waals surface area (Å²) in [4.78, 5) is 14.3. The number of halogens is 1. The average molecular weight is 308 g/mol. The lowest BCUT2D eigenvalue weighted by molar-refractivity contribution is -0.178. The van der Waals surface area contributed by atoms with E-state index in [0.29, 0.717) is 18.6 Å². The molecule has 0 bridgehead atoms. The molecule has 1 aliphatic carbocycles. The number of carbonyl (C=O) groups is 1. The highest BCUT2D eigenvalue weighted by atomic mass is 19.1. The van der Waals surface area contributed by atoms with Crippen molar-refractivity contribution in [1.82, 2.24) is 4.90 Å². The van der Waals surface area contributed by atoms with E-state index in [9.17, 15) is 9.18 Å². The zero-order valence-corrected chi connectivity index (χ0v) is 13.7. The molecular formula is C17H25FN2O2. The maximum atomic E-state index is 13.7. The first kappa shape index (κ1) is 16.9. The molecule has 0 aliphatic heterocycles. The first-order valence-corrected chi connectivity index (χ1v) is 7.63. The minimum Gasteiger partial charge on any atom is -0.378 e. The van der Waals surface area contributed by atoms with Crippen LogP contribution in [0.4, 0.5) is 4.39 Å². The van der Waals surface area contributed by atoms with Gasteiger partial charge in [0.1, 0.15) is 11.4 Å². The van der Waals surface area contributed by atoms with Crippen LogP contribution in [-0.4, -0.2) is 36.1 Å². The number of ether oxygens (including phenoxy) is 1. The quantitative estimate of drug-likeness (QED) is 0.908. The van der Waals surface area contributed by atoms with Crippen LogP contribution in [0, 0.1) is 11.2 Å². The van der Waals surface area contributed by atoms with Crippen molar-refractivity contribution in [1.29, 1.82) is 0 Å². The molecule has 2 rings (SSSR count). The Labute approximate surface area is 131 Å². The Hall–Kier alpha value is -1.46. The molecule has 2 atom stereocenters. The second-order valence-electron chi connectivity index (χ2n) is 6.59. The van der Waals surface area contributed by atoms with Gasteiger partial charge in [-0.05, 0) is 13.0 Å². The molecule has 22 heavy (non-hydrogen) atoms. The summed E-state index contributed by atoms with van der Waals surface area (Å²) in [5, 5.41) is 0. The van der Waals surface area contributed by atoms with Crippen molar-refractivity contribution < 1.29 is 13.9 Å². The van der Waals surface area contributed by atoms with Gasteiger partial charge in [0, 0.05) is 37.6 Å². The van der Waals surface area contributed by atoms with Crippen LogP contribution >= 0.6 is 0 Å². The van der Waals surface area contributed by atoms with E-state index >= 15 is 0 Å². The first-order chi connectivity index (χ1) is 10.2. The van der Waals surface area contributed by atoms with Gasteiger partial charge < -0.3 is 15.4 Å². The van der Waals surface area contributed by atoms with E-state index in [2.05, 4.69) is 0 Å². The van der Waals surface area contributed by atoms with Gasteiger partial charge in [-0.25, -0.2) is 4.39 Å². The molecule has 2 unspecified atom stereocenters. The standard InChI is InChI=1S/C17H25FN2O2/c1-5-22-14-10-17(19,16(14,2)3)15(21)20(4)11-12-8-6-7-9-13(12)18/h6-9,14H,5,10-11,19H2,1-4H3. The van der Waals surface area contributed by atoms with Crippen LogP contribution in [0.5, 0.6) is 0 Å². The minimum atomic E-state index is -0.965. The Balaban J connectivity index is 2.10. The summed E-state index contributed by atoms with van der Waals surface area (Å²) in [6, 6.07) is 6.46. The Morgan fingerprint density at radius 2 is 2.09 bits per heavy atom. The van der Waals surface area contributed by atoms with E-state index in [1.165, 1.54) is 11.0 Å². The second-order valence-corrected chi connectivity index (χ2v) is 6.59. The number of hydrogen-bond acceptors (Lipinski definition) is 3. The molecule has 0 spiro atoms. The number of benzene rings is 1.